The van der Waals surface area contributed by atoms with Crippen LogP contribution >= 0.6 is 11.6 Å². The number of carbonyl (C=O) groups is 1. The molecule has 0 aliphatic carbocycles. The van der Waals surface area contributed by atoms with E-state index in [1.54, 1.807) is 18.2 Å². The number of aromatic nitrogens is 4. The fourth-order valence-corrected chi connectivity index (χ4v) is 3.71. The molecule has 3 N–H and O–H groups in total. The molecule has 5 rings (SSSR count). The summed E-state index contributed by atoms with van der Waals surface area (Å²) < 4.78 is 7.36. The van der Waals surface area contributed by atoms with Crippen LogP contribution in [0.25, 0.3) is 16.5 Å². The number of nitrogens with zero attached hydrogens (tertiary/aromatic N) is 4. The summed E-state index contributed by atoms with van der Waals surface area (Å²) in [5.74, 6) is 0.952. The minimum absolute atomic E-state index is 0.0812. The van der Waals surface area contributed by atoms with Crippen molar-refractivity contribution >= 4 is 39.9 Å². The highest BCUT2D eigenvalue weighted by molar-refractivity contribution is 6.28. The molecular formula is C25H19ClN6O3. The number of amides is 2. The molecule has 2 amide bonds. The summed E-state index contributed by atoms with van der Waals surface area (Å²) in [5.41, 5.74) is 2.35. The van der Waals surface area contributed by atoms with E-state index in [2.05, 4.69) is 25.7 Å². The average molecular weight is 487 g/mol. The van der Waals surface area contributed by atoms with E-state index in [9.17, 15) is 9.90 Å². The summed E-state index contributed by atoms with van der Waals surface area (Å²) in [6.45, 7) is 1.97. The van der Waals surface area contributed by atoms with Crippen LogP contribution in [0.3, 0.4) is 0 Å². The van der Waals surface area contributed by atoms with Crippen LogP contribution in [0.1, 0.15) is 5.56 Å². The average Bonchev–Trinajstić information content (AvgIpc) is 3.21. The molecule has 2 aromatic heterocycles. The second-order valence-corrected chi connectivity index (χ2v) is 7.98. The van der Waals surface area contributed by atoms with E-state index in [4.69, 9.17) is 16.3 Å². The first-order valence-electron chi connectivity index (χ1n) is 10.6. The Balaban J connectivity index is 1.40. The molecule has 5 aromatic rings. The molecule has 174 valence electrons. The summed E-state index contributed by atoms with van der Waals surface area (Å²) >= 11 is 5.86. The molecule has 0 aliphatic heterocycles. The monoisotopic (exact) mass is 486 g/mol. The Morgan fingerprint density at radius 1 is 1.00 bits per heavy atom. The molecule has 2 heterocycles. The van der Waals surface area contributed by atoms with Crippen LogP contribution in [-0.4, -0.2) is 30.9 Å². The van der Waals surface area contributed by atoms with Gasteiger partial charge in [-0.15, -0.1) is 5.10 Å². The number of halogens is 1. The number of anilines is 2. The highest BCUT2D eigenvalue weighted by atomic mass is 35.5. The predicted molar refractivity (Wildman–Crippen MR) is 134 cm³/mol. The molecule has 0 atom stereocenters. The van der Waals surface area contributed by atoms with Crippen LogP contribution < -0.4 is 15.4 Å². The molecule has 0 bridgehead atoms. The smallest absolute Gasteiger partial charge is 0.324 e. The summed E-state index contributed by atoms with van der Waals surface area (Å²) in [5, 5.41) is 21.2. The standard InChI is InChI=1S/C25H19ClN6O3/c1-15-6-8-16(9-7-15)32-21(14-22(33)31-32)29-25(34)28-19-10-11-20(18-5-3-2-4-17(18)19)35-23-12-13-27-24(26)30-23/h2-14H,1H3,(H,31,33)(H2,28,29,34). The SMILES string of the molecule is Cc1ccc(-n2nc(O)cc2NC(=O)Nc2ccc(Oc3ccnc(Cl)n3)c3ccccc23)cc1. The zero-order valence-electron chi connectivity index (χ0n) is 18.4. The highest BCUT2D eigenvalue weighted by Crippen LogP contribution is 2.34. The lowest BCUT2D eigenvalue weighted by Gasteiger charge is -2.14. The van der Waals surface area contributed by atoms with E-state index in [0.29, 0.717) is 28.8 Å². The van der Waals surface area contributed by atoms with Crippen LogP contribution in [0.2, 0.25) is 5.28 Å². The van der Waals surface area contributed by atoms with Gasteiger partial charge in [0, 0.05) is 29.1 Å². The number of rotatable bonds is 5. The Morgan fingerprint density at radius 3 is 2.54 bits per heavy atom. The molecule has 0 saturated carbocycles. The lowest BCUT2D eigenvalue weighted by atomic mass is 10.1. The molecule has 9 nitrogen and oxygen atoms in total. The third kappa shape index (κ3) is 4.85. The first-order chi connectivity index (χ1) is 17.0. The highest BCUT2D eigenvalue weighted by Gasteiger charge is 2.15. The molecule has 0 fully saturated rings. The number of aromatic hydroxyl groups is 1. The molecule has 0 spiro atoms. The van der Waals surface area contributed by atoms with Gasteiger partial charge in [0.05, 0.1) is 11.4 Å². The minimum atomic E-state index is -0.500. The van der Waals surface area contributed by atoms with Crippen molar-refractivity contribution < 1.29 is 14.6 Å². The second kappa shape index (κ2) is 9.32. The normalized spacial score (nSPS) is 10.8. The van der Waals surface area contributed by atoms with Crippen molar-refractivity contribution in [2.45, 2.75) is 6.92 Å². The van der Waals surface area contributed by atoms with Gasteiger partial charge in [-0.25, -0.2) is 14.5 Å². The Morgan fingerprint density at radius 2 is 1.77 bits per heavy atom. The van der Waals surface area contributed by atoms with Gasteiger partial charge in [-0.2, -0.15) is 4.98 Å². The van der Waals surface area contributed by atoms with Gasteiger partial charge in [-0.1, -0.05) is 42.0 Å². The Labute approximate surface area is 205 Å². The van der Waals surface area contributed by atoms with Crippen molar-refractivity contribution in [1.29, 1.82) is 0 Å². The third-order valence-electron chi connectivity index (χ3n) is 5.16. The van der Waals surface area contributed by atoms with Crippen molar-refractivity contribution in [3.05, 3.63) is 89.8 Å². The van der Waals surface area contributed by atoms with Gasteiger partial charge in [-0.05, 0) is 42.8 Å². The molecular weight excluding hydrogens is 468 g/mol. The fraction of sp³-hybridized carbons (Fsp3) is 0.0400. The van der Waals surface area contributed by atoms with E-state index in [1.165, 1.54) is 16.9 Å². The summed E-state index contributed by atoms with van der Waals surface area (Å²) in [7, 11) is 0. The number of aryl methyl sites for hydroxylation is 1. The molecule has 0 unspecified atom stereocenters. The van der Waals surface area contributed by atoms with Gasteiger partial charge in [0.25, 0.3) is 0 Å². The number of nitrogens with one attached hydrogen (secondary N) is 2. The number of hydrogen-bond acceptors (Lipinski definition) is 6. The topological polar surface area (TPSA) is 114 Å². The first kappa shape index (κ1) is 22.2. The predicted octanol–water partition coefficient (Wildman–Crippen LogP) is 5.92. The third-order valence-corrected chi connectivity index (χ3v) is 5.35. The maximum Gasteiger partial charge on any atom is 0.324 e. The zero-order valence-corrected chi connectivity index (χ0v) is 19.2. The quantitative estimate of drug-likeness (QED) is 0.266. The van der Waals surface area contributed by atoms with E-state index < -0.39 is 6.03 Å². The lowest BCUT2D eigenvalue weighted by molar-refractivity contribution is 0.262. The van der Waals surface area contributed by atoms with E-state index in [1.807, 2.05) is 55.5 Å². The minimum Gasteiger partial charge on any atom is -0.492 e. The number of urea groups is 1. The maximum atomic E-state index is 12.9. The zero-order chi connectivity index (χ0) is 24.4. The van der Waals surface area contributed by atoms with Crippen LogP contribution in [-0.2, 0) is 0 Å². The van der Waals surface area contributed by atoms with Crippen molar-refractivity contribution in [3.63, 3.8) is 0 Å². The molecule has 0 aliphatic rings. The summed E-state index contributed by atoms with van der Waals surface area (Å²) in [6.07, 6.45) is 1.51. The van der Waals surface area contributed by atoms with Crippen molar-refractivity contribution in [2.75, 3.05) is 10.6 Å². The molecule has 35 heavy (non-hydrogen) atoms. The van der Waals surface area contributed by atoms with Crippen molar-refractivity contribution in [3.8, 4) is 23.2 Å². The molecule has 3 aromatic carbocycles. The number of carbonyl (C=O) groups excluding carboxylic acids is 1. The molecule has 0 radical (unpaired) electrons. The largest absolute Gasteiger partial charge is 0.492 e. The number of hydrogen-bond donors (Lipinski definition) is 3. The van der Waals surface area contributed by atoms with Crippen LogP contribution in [0.15, 0.2) is 79.0 Å². The van der Waals surface area contributed by atoms with Crippen molar-refractivity contribution in [2.24, 2.45) is 0 Å². The van der Waals surface area contributed by atoms with Crippen LogP contribution in [0.4, 0.5) is 16.3 Å². The second-order valence-electron chi connectivity index (χ2n) is 7.64. The number of benzene rings is 3. The first-order valence-corrected chi connectivity index (χ1v) is 11.0. The maximum absolute atomic E-state index is 12.9. The van der Waals surface area contributed by atoms with Crippen LogP contribution in [0, 0.1) is 6.92 Å². The Bertz CT molecular complexity index is 1530. The van der Waals surface area contributed by atoms with Gasteiger partial charge >= 0.3 is 6.03 Å². The van der Waals surface area contributed by atoms with Gasteiger partial charge in [0.2, 0.25) is 17.0 Å². The summed E-state index contributed by atoms with van der Waals surface area (Å²) in [4.78, 5) is 20.8. The van der Waals surface area contributed by atoms with Gasteiger partial charge in [0.1, 0.15) is 11.6 Å². The molecule has 10 heteroatoms. The number of ether oxygens (including phenoxy) is 1. The fourth-order valence-electron chi connectivity index (χ4n) is 3.57. The number of fused-ring (bicyclic) bond motifs is 1. The van der Waals surface area contributed by atoms with E-state index in [0.717, 1.165) is 16.3 Å². The van der Waals surface area contributed by atoms with Gasteiger partial charge < -0.3 is 15.2 Å². The van der Waals surface area contributed by atoms with E-state index >= 15 is 0 Å². The summed E-state index contributed by atoms with van der Waals surface area (Å²) in [6, 6.07) is 21.0. The van der Waals surface area contributed by atoms with Gasteiger partial charge in [0.15, 0.2) is 0 Å². The van der Waals surface area contributed by atoms with E-state index in [-0.39, 0.29) is 11.2 Å². The Kier molecular flexibility index (Phi) is 5.90. The van der Waals surface area contributed by atoms with Crippen LogP contribution in [0.5, 0.6) is 17.5 Å². The Hall–Kier alpha value is -4.63. The lowest BCUT2D eigenvalue weighted by Crippen LogP contribution is -2.21. The van der Waals surface area contributed by atoms with Gasteiger partial charge in [-0.3, -0.25) is 5.32 Å². The van der Waals surface area contributed by atoms with Crippen molar-refractivity contribution in [1.82, 2.24) is 19.7 Å². The molecule has 0 saturated heterocycles.